The molecule has 1 aliphatic rings. The molecule has 0 fully saturated rings. The smallest absolute Gasteiger partial charge is 0.244 e. The predicted molar refractivity (Wildman–Crippen MR) is 108 cm³/mol. The number of benzene rings is 2. The van der Waals surface area contributed by atoms with Gasteiger partial charge in [0.25, 0.3) is 0 Å². The van der Waals surface area contributed by atoms with Crippen LogP contribution >= 0.6 is 0 Å². The number of hydrogen-bond donors (Lipinski definition) is 0. The van der Waals surface area contributed by atoms with Crippen LogP contribution in [0.1, 0.15) is 24.5 Å². The molecule has 2 aromatic carbocycles. The van der Waals surface area contributed by atoms with Crippen molar-refractivity contribution in [2.75, 3.05) is 6.61 Å². The standard InChI is InChI=1S/C22H25NO4S/c1-17-8-12-21(13-9-17)28(25,26)23-20(14-24)11-10-18(2)22(23)16-27-15-19-6-4-3-5-7-19/h3-10,12-14,20,22H,11,15-16H2,1-2H3/t20-,22+/m0/s1. The highest BCUT2D eigenvalue weighted by atomic mass is 32.2. The van der Waals surface area contributed by atoms with Gasteiger partial charge in [-0.25, -0.2) is 8.42 Å². The third-order valence-electron chi connectivity index (χ3n) is 4.98. The molecule has 0 saturated carbocycles. The molecule has 6 heteroatoms. The van der Waals surface area contributed by atoms with E-state index in [4.69, 9.17) is 4.74 Å². The Bertz CT molecular complexity index is 936. The number of ether oxygens (including phenoxy) is 1. The Labute approximate surface area is 166 Å². The third-order valence-corrected chi connectivity index (χ3v) is 6.93. The van der Waals surface area contributed by atoms with Crippen molar-refractivity contribution in [2.45, 2.75) is 43.9 Å². The number of aryl methyl sites for hydroxylation is 1. The van der Waals surface area contributed by atoms with Crippen molar-refractivity contribution in [1.29, 1.82) is 0 Å². The van der Waals surface area contributed by atoms with Crippen molar-refractivity contribution in [3.63, 3.8) is 0 Å². The van der Waals surface area contributed by atoms with Gasteiger partial charge in [-0.1, -0.05) is 59.7 Å². The van der Waals surface area contributed by atoms with Gasteiger partial charge in [-0.2, -0.15) is 4.31 Å². The molecule has 28 heavy (non-hydrogen) atoms. The molecule has 0 N–H and O–H groups in total. The summed E-state index contributed by atoms with van der Waals surface area (Å²) in [7, 11) is -3.84. The van der Waals surface area contributed by atoms with E-state index < -0.39 is 22.1 Å². The second-order valence-corrected chi connectivity index (χ2v) is 8.89. The number of carbonyl (C=O) groups is 1. The predicted octanol–water partition coefficient (Wildman–Crippen LogP) is 3.49. The summed E-state index contributed by atoms with van der Waals surface area (Å²) < 4.78 is 33.8. The van der Waals surface area contributed by atoms with Gasteiger partial charge in [0.1, 0.15) is 6.29 Å². The van der Waals surface area contributed by atoms with Crippen LogP contribution in [0.3, 0.4) is 0 Å². The molecule has 5 nitrogen and oxygen atoms in total. The minimum absolute atomic E-state index is 0.187. The summed E-state index contributed by atoms with van der Waals surface area (Å²) in [4.78, 5) is 11.9. The lowest BCUT2D eigenvalue weighted by Gasteiger charge is -2.38. The topological polar surface area (TPSA) is 63.7 Å². The molecule has 0 radical (unpaired) electrons. The van der Waals surface area contributed by atoms with Crippen LogP contribution in [0.2, 0.25) is 0 Å². The molecule has 2 aromatic rings. The van der Waals surface area contributed by atoms with Gasteiger partial charge >= 0.3 is 0 Å². The number of nitrogens with zero attached hydrogens (tertiary/aromatic N) is 1. The Hall–Kier alpha value is -2.28. The number of rotatable bonds is 7. The first-order chi connectivity index (χ1) is 13.4. The maximum atomic E-state index is 13.3. The molecule has 148 valence electrons. The van der Waals surface area contributed by atoms with Crippen LogP contribution in [-0.4, -0.2) is 37.7 Å². The van der Waals surface area contributed by atoms with Gasteiger partial charge in [-0.15, -0.1) is 0 Å². The van der Waals surface area contributed by atoms with Gasteiger partial charge in [-0.3, -0.25) is 0 Å². The van der Waals surface area contributed by atoms with Gasteiger partial charge in [0.15, 0.2) is 0 Å². The first-order valence-corrected chi connectivity index (χ1v) is 10.7. The van der Waals surface area contributed by atoms with Crippen LogP contribution in [0, 0.1) is 6.92 Å². The highest BCUT2D eigenvalue weighted by molar-refractivity contribution is 7.89. The van der Waals surface area contributed by atoms with Gasteiger partial charge in [0.05, 0.1) is 30.2 Å². The molecule has 0 aliphatic carbocycles. The van der Waals surface area contributed by atoms with E-state index in [0.29, 0.717) is 19.3 Å². The SMILES string of the molecule is CC1=CC[C@@H](C=O)N(S(=O)(=O)c2ccc(C)cc2)[C@@H]1COCc1ccccc1. The number of carbonyl (C=O) groups excluding carboxylic acids is 1. The monoisotopic (exact) mass is 399 g/mol. The van der Waals surface area contributed by atoms with Crippen LogP contribution in [0.15, 0.2) is 71.1 Å². The zero-order valence-electron chi connectivity index (χ0n) is 16.1. The average molecular weight is 400 g/mol. The van der Waals surface area contributed by atoms with Crippen LogP contribution in [-0.2, 0) is 26.2 Å². The Morgan fingerprint density at radius 3 is 2.39 bits per heavy atom. The third kappa shape index (κ3) is 4.41. The van der Waals surface area contributed by atoms with Gasteiger partial charge in [0, 0.05) is 0 Å². The molecule has 1 aliphatic heterocycles. The van der Waals surface area contributed by atoms with Crippen molar-refractivity contribution in [1.82, 2.24) is 4.31 Å². The second kappa shape index (κ2) is 8.82. The summed E-state index contributed by atoms with van der Waals surface area (Å²) in [6.45, 7) is 4.36. The lowest BCUT2D eigenvalue weighted by atomic mass is 10.00. The molecule has 0 unspecified atom stereocenters. The van der Waals surface area contributed by atoms with Gasteiger partial charge in [-0.05, 0) is 38.0 Å². The fraction of sp³-hybridized carbons (Fsp3) is 0.318. The first kappa shape index (κ1) is 20.5. The zero-order chi connectivity index (χ0) is 20.1. The largest absolute Gasteiger partial charge is 0.375 e. The molecule has 0 aromatic heterocycles. The zero-order valence-corrected chi connectivity index (χ0v) is 16.9. The Kier molecular flexibility index (Phi) is 6.44. The summed E-state index contributed by atoms with van der Waals surface area (Å²) in [6, 6.07) is 15.2. The van der Waals surface area contributed by atoms with Crippen molar-refractivity contribution in [2.24, 2.45) is 0 Å². The van der Waals surface area contributed by atoms with Crippen molar-refractivity contribution in [3.8, 4) is 0 Å². The molecule has 0 amide bonds. The number of sulfonamides is 1. The highest BCUT2D eigenvalue weighted by Gasteiger charge is 2.40. The molecule has 0 saturated heterocycles. The summed E-state index contributed by atoms with van der Waals surface area (Å²) >= 11 is 0. The molecular weight excluding hydrogens is 374 g/mol. The molecule has 0 bridgehead atoms. The van der Waals surface area contributed by atoms with Crippen LogP contribution < -0.4 is 0 Å². The minimum Gasteiger partial charge on any atom is -0.375 e. The first-order valence-electron chi connectivity index (χ1n) is 9.27. The summed E-state index contributed by atoms with van der Waals surface area (Å²) in [5.41, 5.74) is 2.88. The maximum absolute atomic E-state index is 13.3. The lowest BCUT2D eigenvalue weighted by molar-refractivity contribution is -0.111. The summed E-state index contributed by atoms with van der Waals surface area (Å²) in [6.07, 6.45) is 3.01. The molecule has 2 atom stereocenters. The second-order valence-electron chi connectivity index (χ2n) is 7.05. The Morgan fingerprint density at radius 1 is 1.07 bits per heavy atom. The normalized spacial score (nSPS) is 20.6. The molecule has 3 rings (SSSR count). The summed E-state index contributed by atoms with van der Waals surface area (Å²) in [5.74, 6) is 0. The van der Waals surface area contributed by atoms with E-state index in [1.807, 2.05) is 50.3 Å². The molecular formula is C22H25NO4S. The molecule has 1 heterocycles. The van der Waals surface area contributed by atoms with Gasteiger partial charge < -0.3 is 9.53 Å². The quantitative estimate of drug-likeness (QED) is 0.528. The van der Waals surface area contributed by atoms with Crippen LogP contribution in [0.4, 0.5) is 0 Å². The van der Waals surface area contributed by atoms with Crippen molar-refractivity contribution < 1.29 is 17.9 Å². The molecule has 0 spiro atoms. The Morgan fingerprint density at radius 2 is 1.75 bits per heavy atom. The number of aldehydes is 1. The average Bonchev–Trinajstić information content (AvgIpc) is 2.70. The van der Waals surface area contributed by atoms with Crippen LogP contribution in [0.5, 0.6) is 0 Å². The van der Waals surface area contributed by atoms with Crippen LogP contribution in [0.25, 0.3) is 0 Å². The van der Waals surface area contributed by atoms with E-state index in [0.717, 1.165) is 16.7 Å². The number of hydrogen-bond acceptors (Lipinski definition) is 4. The fourth-order valence-corrected chi connectivity index (χ4v) is 5.12. The van der Waals surface area contributed by atoms with E-state index in [-0.39, 0.29) is 11.5 Å². The van der Waals surface area contributed by atoms with E-state index in [2.05, 4.69) is 0 Å². The summed E-state index contributed by atoms with van der Waals surface area (Å²) in [5, 5.41) is 0. The van der Waals surface area contributed by atoms with E-state index in [1.165, 1.54) is 4.31 Å². The lowest BCUT2D eigenvalue weighted by Crippen LogP contribution is -2.52. The maximum Gasteiger partial charge on any atom is 0.244 e. The fourth-order valence-electron chi connectivity index (χ4n) is 3.34. The minimum atomic E-state index is -3.84. The Balaban J connectivity index is 1.86. The van der Waals surface area contributed by atoms with Crippen molar-refractivity contribution >= 4 is 16.3 Å². The van der Waals surface area contributed by atoms with Crippen molar-refractivity contribution in [3.05, 3.63) is 77.4 Å². The van der Waals surface area contributed by atoms with E-state index in [1.54, 1.807) is 24.3 Å². The van der Waals surface area contributed by atoms with E-state index >= 15 is 0 Å². The van der Waals surface area contributed by atoms with Gasteiger partial charge in [0.2, 0.25) is 10.0 Å². The van der Waals surface area contributed by atoms with E-state index in [9.17, 15) is 13.2 Å². The highest BCUT2D eigenvalue weighted by Crippen LogP contribution is 2.30.